The molecule has 4 aromatic heterocycles. The second kappa shape index (κ2) is 10.2. The van der Waals surface area contributed by atoms with Crippen LogP contribution in [-0.2, 0) is 13.2 Å². The van der Waals surface area contributed by atoms with Crippen LogP contribution in [-0.4, -0.2) is 31.8 Å². The van der Waals surface area contributed by atoms with Gasteiger partial charge in [0.25, 0.3) is 5.56 Å². The van der Waals surface area contributed by atoms with Gasteiger partial charge in [0.15, 0.2) is 0 Å². The molecular weight excluding hydrogens is 480 g/mol. The van der Waals surface area contributed by atoms with E-state index in [2.05, 4.69) is 10.2 Å². The van der Waals surface area contributed by atoms with Crippen LogP contribution in [0.5, 0.6) is 11.5 Å². The molecule has 0 saturated heterocycles. The number of rotatable bonds is 7. The standard InChI is InChI=1S/C29H26N6O3/c1-17-14-31-34-27(17)22-11-18(2)33-28-21(22)8-5-9-25(28)38-16-23-24(32-19(3)12-26(23)37-4)15-35-10-6-7-20(13-30)29(35)36/h5-12,14H,15-16H2,1-4H3,(H,31,34). The molecule has 190 valence electrons. The van der Waals surface area contributed by atoms with Gasteiger partial charge in [-0.1, -0.05) is 12.1 Å². The molecule has 1 aromatic carbocycles. The van der Waals surface area contributed by atoms with Crippen LogP contribution in [0.25, 0.3) is 22.2 Å². The lowest BCUT2D eigenvalue weighted by Crippen LogP contribution is -2.23. The van der Waals surface area contributed by atoms with Crippen molar-refractivity contribution in [3.63, 3.8) is 0 Å². The molecule has 1 N–H and O–H groups in total. The van der Waals surface area contributed by atoms with E-state index in [-0.39, 0.29) is 24.3 Å². The maximum atomic E-state index is 12.7. The molecule has 9 heteroatoms. The number of methoxy groups -OCH3 is 1. The second-order valence-corrected chi connectivity index (χ2v) is 9.04. The van der Waals surface area contributed by atoms with Crippen molar-refractivity contribution in [2.45, 2.75) is 33.9 Å². The Labute approximate surface area is 219 Å². The van der Waals surface area contributed by atoms with Crippen molar-refractivity contribution in [3.8, 4) is 28.8 Å². The highest BCUT2D eigenvalue weighted by molar-refractivity contribution is 5.97. The number of pyridine rings is 3. The fourth-order valence-corrected chi connectivity index (χ4v) is 4.55. The molecule has 0 radical (unpaired) electrons. The first-order valence-electron chi connectivity index (χ1n) is 12.1. The van der Waals surface area contributed by atoms with Gasteiger partial charge in [-0.15, -0.1) is 0 Å². The summed E-state index contributed by atoms with van der Waals surface area (Å²) in [7, 11) is 1.59. The van der Waals surface area contributed by atoms with Gasteiger partial charge in [0.05, 0.1) is 36.8 Å². The number of benzene rings is 1. The minimum atomic E-state index is -0.375. The normalized spacial score (nSPS) is 10.9. The lowest BCUT2D eigenvalue weighted by Gasteiger charge is -2.17. The molecule has 0 aliphatic rings. The number of aromatic nitrogens is 5. The van der Waals surface area contributed by atoms with E-state index in [0.717, 1.165) is 39.1 Å². The highest BCUT2D eigenvalue weighted by Crippen LogP contribution is 2.34. The molecule has 0 fully saturated rings. The Morgan fingerprint density at radius 1 is 1.05 bits per heavy atom. The molecule has 5 rings (SSSR count). The van der Waals surface area contributed by atoms with Crippen molar-refractivity contribution in [1.29, 1.82) is 5.26 Å². The highest BCUT2D eigenvalue weighted by Gasteiger charge is 2.18. The summed E-state index contributed by atoms with van der Waals surface area (Å²) in [5.41, 5.74) is 6.34. The van der Waals surface area contributed by atoms with Crippen molar-refractivity contribution in [2.24, 2.45) is 0 Å². The average molecular weight is 507 g/mol. The summed E-state index contributed by atoms with van der Waals surface area (Å²) in [6.45, 7) is 6.13. The molecular formula is C29H26N6O3. The Kier molecular flexibility index (Phi) is 6.62. The van der Waals surface area contributed by atoms with Crippen LogP contribution in [0, 0.1) is 32.1 Å². The van der Waals surface area contributed by atoms with Gasteiger partial charge in [0.1, 0.15) is 35.3 Å². The topological polar surface area (TPSA) is 119 Å². The number of hydrogen-bond donors (Lipinski definition) is 1. The third-order valence-corrected chi connectivity index (χ3v) is 6.38. The average Bonchev–Trinajstić information content (AvgIpc) is 3.34. The number of aromatic amines is 1. The van der Waals surface area contributed by atoms with E-state index in [0.29, 0.717) is 22.8 Å². The Bertz CT molecular complexity index is 1760. The Balaban J connectivity index is 1.55. The van der Waals surface area contributed by atoms with Crippen molar-refractivity contribution >= 4 is 10.9 Å². The minimum Gasteiger partial charge on any atom is -0.496 e. The van der Waals surface area contributed by atoms with E-state index in [1.807, 2.05) is 57.2 Å². The van der Waals surface area contributed by atoms with Gasteiger partial charge in [-0.25, -0.2) is 4.98 Å². The van der Waals surface area contributed by atoms with Crippen LogP contribution in [0.2, 0.25) is 0 Å². The summed E-state index contributed by atoms with van der Waals surface area (Å²) >= 11 is 0. The van der Waals surface area contributed by atoms with E-state index in [9.17, 15) is 10.1 Å². The minimum absolute atomic E-state index is 0.0745. The number of fused-ring (bicyclic) bond motifs is 1. The molecule has 0 aliphatic carbocycles. The van der Waals surface area contributed by atoms with Crippen LogP contribution in [0.3, 0.4) is 0 Å². The Morgan fingerprint density at radius 2 is 1.87 bits per heavy atom. The van der Waals surface area contributed by atoms with Gasteiger partial charge in [-0.05, 0) is 50.6 Å². The van der Waals surface area contributed by atoms with Gasteiger partial charge in [0.2, 0.25) is 0 Å². The van der Waals surface area contributed by atoms with E-state index in [1.54, 1.807) is 25.6 Å². The number of hydrogen-bond acceptors (Lipinski definition) is 7. The zero-order valence-electron chi connectivity index (χ0n) is 21.6. The fraction of sp³-hybridized carbons (Fsp3) is 0.207. The van der Waals surface area contributed by atoms with Crippen molar-refractivity contribution in [3.05, 3.63) is 99.0 Å². The fourth-order valence-electron chi connectivity index (χ4n) is 4.55. The summed E-state index contributed by atoms with van der Waals surface area (Å²) in [6, 6.07) is 14.8. The third kappa shape index (κ3) is 4.60. The Morgan fingerprint density at radius 3 is 2.61 bits per heavy atom. The zero-order valence-corrected chi connectivity index (χ0v) is 21.6. The van der Waals surface area contributed by atoms with Crippen molar-refractivity contribution in [1.82, 2.24) is 24.7 Å². The number of para-hydroxylation sites is 1. The predicted molar refractivity (Wildman–Crippen MR) is 143 cm³/mol. The Hall–Kier alpha value is -4.97. The number of aryl methyl sites for hydroxylation is 3. The summed E-state index contributed by atoms with van der Waals surface area (Å²) in [5, 5.41) is 17.5. The molecule has 4 heterocycles. The first kappa shape index (κ1) is 24.7. The monoisotopic (exact) mass is 506 g/mol. The number of nitrogens with one attached hydrogen (secondary N) is 1. The SMILES string of the molecule is COc1cc(C)nc(Cn2cccc(C#N)c2=O)c1COc1cccc2c(-c3[nH]ncc3C)cc(C)nc12. The summed E-state index contributed by atoms with van der Waals surface area (Å²) in [5.74, 6) is 1.22. The highest BCUT2D eigenvalue weighted by atomic mass is 16.5. The van der Waals surface area contributed by atoms with Crippen LogP contribution >= 0.6 is 0 Å². The molecule has 5 aromatic rings. The number of ether oxygens (including phenoxy) is 2. The molecule has 0 atom stereocenters. The number of H-pyrrole nitrogens is 1. The summed E-state index contributed by atoms with van der Waals surface area (Å²) < 4.78 is 13.5. The summed E-state index contributed by atoms with van der Waals surface area (Å²) in [4.78, 5) is 22.2. The van der Waals surface area contributed by atoms with Crippen LogP contribution in [0.15, 0.2) is 59.7 Å². The lowest BCUT2D eigenvalue weighted by molar-refractivity contribution is 0.296. The maximum Gasteiger partial charge on any atom is 0.268 e. The quantitative estimate of drug-likeness (QED) is 0.342. The van der Waals surface area contributed by atoms with Gasteiger partial charge >= 0.3 is 0 Å². The van der Waals surface area contributed by atoms with Crippen LogP contribution < -0.4 is 15.0 Å². The van der Waals surface area contributed by atoms with Crippen LogP contribution in [0.1, 0.15) is 33.8 Å². The second-order valence-electron chi connectivity index (χ2n) is 9.04. The number of nitrogens with zero attached hydrogens (tertiary/aromatic N) is 5. The molecule has 9 nitrogen and oxygen atoms in total. The van der Waals surface area contributed by atoms with E-state index in [1.165, 1.54) is 10.6 Å². The predicted octanol–water partition coefficient (Wildman–Crippen LogP) is 4.61. The van der Waals surface area contributed by atoms with Gasteiger partial charge in [-0.3, -0.25) is 14.9 Å². The van der Waals surface area contributed by atoms with Crippen LogP contribution in [0.4, 0.5) is 0 Å². The zero-order chi connectivity index (χ0) is 26.8. The molecule has 0 aliphatic heterocycles. The summed E-state index contributed by atoms with van der Waals surface area (Å²) in [6.07, 6.45) is 3.44. The number of nitriles is 1. The molecule has 0 spiro atoms. The molecule has 0 saturated carbocycles. The molecule has 0 unspecified atom stereocenters. The smallest absolute Gasteiger partial charge is 0.268 e. The van der Waals surface area contributed by atoms with E-state index < -0.39 is 0 Å². The largest absolute Gasteiger partial charge is 0.496 e. The van der Waals surface area contributed by atoms with E-state index >= 15 is 0 Å². The van der Waals surface area contributed by atoms with Gasteiger partial charge in [0, 0.05) is 34.6 Å². The van der Waals surface area contributed by atoms with Crippen molar-refractivity contribution < 1.29 is 9.47 Å². The maximum absolute atomic E-state index is 12.7. The van der Waals surface area contributed by atoms with Gasteiger partial charge in [-0.2, -0.15) is 10.4 Å². The third-order valence-electron chi connectivity index (χ3n) is 6.38. The van der Waals surface area contributed by atoms with Crippen molar-refractivity contribution in [2.75, 3.05) is 7.11 Å². The molecule has 0 amide bonds. The molecule has 0 bridgehead atoms. The lowest BCUT2D eigenvalue weighted by atomic mass is 10.0. The van der Waals surface area contributed by atoms with E-state index in [4.69, 9.17) is 19.4 Å². The first-order valence-corrected chi connectivity index (χ1v) is 12.1. The molecule has 38 heavy (non-hydrogen) atoms. The van der Waals surface area contributed by atoms with Gasteiger partial charge < -0.3 is 14.0 Å². The first-order chi connectivity index (χ1) is 18.4.